The van der Waals surface area contributed by atoms with Gasteiger partial charge in [0.05, 0.1) is 5.71 Å². The van der Waals surface area contributed by atoms with Gasteiger partial charge in [-0.25, -0.2) is 0 Å². The van der Waals surface area contributed by atoms with Crippen LogP contribution < -0.4 is 0 Å². The van der Waals surface area contributed by atoms with Gasteiger partial charge in [0, 0.05) is 0 Å². The van der Waals surface area contributed by atoms with Crippen molar-refractivity contribution < 1.29 is 4.53 Å². The first kappa shape index (κ1) is 7.47. The van der Waals surface area contributed by atoms with Crippen LogP contribution in [0.15, 0.2) is 5.16 Å². The fourth-order valence-electron chi connectivity index (χ4n) is 0.169. The number of hydrogen-bond donors (Lipinski definition) is 0. The van der Waals surface area contributed by atoms with E-state index >= 15 is 0 Å². The molecule has 0 fully saturated rings. The lowest BCUT2D eigenvalue weighted by Crippen LogP contribution is -1.88. The van der Waals surface area contributed by atoms with Gasteiger partial charge in [-0.3, -0.25) is 0 Å². The smallest absolute Gasteiger partial charge is 0.284 e. The average molecular weight is 127 g/mol. The molecule has 0 unspecified atom stereocenters. The summed E-state index contributed by atoms with van der Waals surface area (Å²) in [5.74, 6) is 0. The van der Waals surface area contributed by atoms with E-state index in [1.807, 2.05) is 13.8 Å². The van der Waals surface area contributed by atoms with Crippen LogP contribution in [0, 0.1) is 6.00 Å². The molecule has 3 heteroatoms. The van der Waals surface area contributed by atoms with Crippen LogP contribution in [0.3, 0.4) is 0 Å². The van der Waals surface area contributed by atoms with Crippen LogP contribution in [-0.4, -0.2) is 14.9 Å². The maximum atomic E-state index is 5.03. The summed E-state index contributed by atoms with van der Waals surface area (Å²) in [6.45, 7) is 3.92. The molecule has 0 amide bonds. The predicted molar refractivity (Wildman–Crippen MR) is 35.2 cm³/mol. The summed E-state index contributed by atoms with van der Waals surface area (Å²) in [6, 6.07) is 5.03. The Morgan fingerprint density at radius 1 is 1.88 bits per heavy atom. The molecule has 0 N–H and O–H groups in total. The summed E-state index contributed by atoms with van der Waals surface area (Å²) in [5, 5.41) is 3.67. The van der Waals surface area contributed by atoms with Crippen LogP contribution in [0.5, 0.6) is 0 Å². The molecular formula is C5H9NOSi. The highest BCUT2D eigenvalue weighted by Crippen LogP contribution is 1.81. The molecule has 44 valence electrons. The summed E-state index contributed by atoms with van der Waals surface area (Å²) >= 11 is 0. The van der Waals surface area contributed by atoms with E-state index in [1.165, 1.54) is 0 Å². The summed E-state index contributed by atoms with van der Waals surface area (Å²) in [5.41, 5.74) is 0.975. The van der Waals surface area contributed by atoms with Crippen molar-refractivity contribution in [2.24, 2.45) is 5.16 Å². The highest BCUT2D eigenvalue weighted by Gasteiger charge is 1.80. The lowest BCUT2D eigenvalue weighted by Gasteiger charge is -1.88. The minimum atomic E-state index is -0.0339. The third kappa shape index (κ3) is 3.65. The van der Waals surface area contributed by atoms with Gasteiger partial charge in [-0.05, 0) is 13.3 Å². The van der Waals surface area contributed by atoms with Gasteiger partial charge in [0.1, 0.15) is 0 Å². The Hall–Kier alpha value is -0.533. The van der Waals surface area contributed by atoms with Gasteiger partial charge in [0.2, 0.25) is 0 Å². The Kier molecular flexibility index (Phi) is 4.31. The molecule has 0 spiro atoms. The molecule has 0 bridgehead atoms. The summed E-state index contributed by atoms with van der Waals surface area (Å²) in [4.78, 5) is 0. The van der Waals surface area contributed by atoms with E-state index in [2.05, 4.69) is 9.68 Å². The molecule has 0 heterocycles. The van der Waals surface area contributed by atoms with Gasteiger partial charge in [0.25, 0.3) is 9.20 Å². The van der Waals surface area contributed by atoms with Gasteiger partial charge < -0.3 is 4.53 Å². The van der Waals surface area contributed by atoms with Crippen molar-refractivity contribution in [2.75, 3.05) is 0 Å². The topological polar surface area (TPSA) is 21.6 Å². The fraction of sp³-hybridized carbons (Fsp3) is 0.600. The average Bonchev–Trinajstić information content (AvgIpc) is 1.83. The number of rotatable bonds is 2. The lowest BCUT2D eigenvalue weighted by molar-refractivity contribution is 0.374. The summed E-state index contributed by atoms with van der Waals surface area (Å²) in [7, 11) is -0.0339. The lowest BCUT2D eigenvalue weighted by atomic mass is 10.3. The Morgan fingerprint density at radius 3 is 2.88 bits per heavy atom. The second kappa shape index (κ2) is 4.62. The van der Waals surface area contributed by atoms with Crippen molar-refractivity contribution in [1.29, 1.82) is 0 Å². The molecule has 0 aromatic rings. The zero-order valence-corrected chi connectivity index (χ0v) is 6.14. The molecule has 0 radical (unpaired) electrons. The Labute approximate surface area is 51.8 Å². The van der Waals surface area contributed by atoms with Crippen LogP contribution in [0.4, 0.5) is 0 Å². The van der Waals surface area contributed by atoms with E-state index in [0.717, 1.165) is 12.1 Å². The van der Waals surface area contributed by atoms with Crippen molar-refractivity contribution in [1.82, 2.24) is 0 Å². The first-order valence-electron chi connectivity index (χ1n) is 2.46. The molecule has 0 atom stereocenters. The van der Waals surface area contributed by atoms with Crippen molar-refractivity contribution in [3.05, 3.63) is 0 Å². The van der Waals surface area contributed by atoms with Crippen LogP contribution in [0.1, 0.15) is 20.3 Å². The number of nitrogens with zero attached hydrogens (tertiary/aromatic N) is 1. The van der Waals surface area contributed by atoms with Gasteiger partial charge >= 0.3 is 0 Å². The minimum absolute atomic E-state index is 0.0339. The second-order valence-electron chi connectivity index (χ2n) is 1.39. The van der Waals surface area contributed by atoms with Crippen LogP contribution in [0.25, 0.3) is 0 Å². The molecule has 0 aliphatic carbocycles. The zero-order chi connectivity index (χ0) is 6.41. The van der Waals surface area contributed by atoms with Gasteiger partial charge in [0.15, 0.2) is 0 Å². The van der Waals surface area contributed by atoms with E-state index in [9.17, 15) is 0 Å². The van der Waals surface area contributed by atoms with Crippen LogP contribution in [-0.2, 0) is 4.53 Å². The van der Waals surface area contributed by atoms with Gasteiger partial charge in [-0.1, -0.05) is 12.1 Å². The molecular weight excluding hydrogens is 118 g/mol. The predicted octanol–water partition coefficient (Wildman–Crippen LogP) is 0.997. The van der Waals surface area contributed by atoms with E-state index in [4.69, 9.17) is 6.00 Å². The van der Waals surface area contributed by atoms with Crippen molar-refractivity contribution >= 4 is 14.9 Å². The van der Waals surface area contributed by atoms with Crippen LogP contribution in [0.2, 0.25) is 0 Å². The molecule has 0 aromatic heterocycles. The standard InChI is InChI=1S/C5H9NOSi/c1-4-5(2)6-7-8-3/h3H,4H2,1-2H3. The maximum Gasteiger partial charge on any atom is 0.284 e. The van der Waals surface area contributed by atoms with Gasteiger partial charge in [-0.2, -0.15) is 0 Å². The Morgan fingerprint density at radius 2 is 2.50 bits per heavy atom. The Bertz CT molecular complexity index is 125. The minimum Gasteiger partial charge on any atom is -0.372 e. The normalized spacial score (nSPS) is 10.4. The Balaban J connectivity index is 3.45. The fourth-order valence-corrected chi connectivity index (χ4v) is 0.377. The molecule has 8 heavy (non-hydrogen) atoms. The molecule has 0 aliphatic rings. The molecule has 0 aromatic carbocycles. The number of oxime groups is 1. The molecule has 0 saturated carbocycles. The first-order valence-corrected chi connectivity index (χ1v) is 3.45. The van der Waals surface area contributed by atoms with E-state index < -0.39 is 0 Å². The summed E-state index contributed by atoms with van der Waals surface area (Å²) in [6.07, 6.45) is 0.921. The third-order valence-corrected chi connectivity index (χ3v) is 0.963. The first-order chi connectivity index (χ1) is 3.81. The van der Waals surface area contributed by atoms with Crippen LogP contribution >= 0.6 is 0 Å². The quantitative estimate of drug-likeness (QED) is 0.308. The van der Waals surface area contributed by atoms with Crippen molar-refractivity contribution in [2.45, 2.75) is 20.3 Å². The van der Waals surface area contributed by atoms with E-state index in [0.29, 0.717) is 0 Å². The molecule has 2 nitrogen and oxygen atoms in total. The van der Waals surface area contributed by atoms with E-state index in [-0.39, 0.29) is 9.20 Å². The maximum absolute atomic E-state index is 5.03. The van der Waals surface area contributed by atoms with Crippen molar-refractivity contribution in [3.8, 4) is 6.00 Å². The second-order valence-corrected chi connectivity index (χ2v) is 1.81. The molecule has 0 rings (SSSR count). The number of hydrogen-bond acceptors (Lipinski definition) is 2. The van der Waals surface area contributed by atoms with Crippen molar-refractivity contribution in [3.63, 3.8) is 0 Å². The molecule has 0 saturated heterocycles. The van der Waals surface area contributed by atoms with Gasteiger partial charge in [-0.15, -0.1) is 6.00 Å². The summed E-state index contributed by atoms with van der Waals surface area (Å²) < 4.78 is 4.58. The third-order valence-electron chi connectivity index (χ3n) is 0.766. The largest absolute Gasteiger partial charge is 0.372 e. The zero-order valence-electron chi connectivity index (χ0n) is 5.14. The highest BCUT2D eigenvalue weighted by molar-refractivity contribution is 6.12. The van der Waals surface area contributed by atoms with E-state index in [1.54, 1.807) is 0 Å². The molecule has 0 aliphatic heterocycles. The SMILES string of the molecule is C#[Si]ON=C(C)CC. The highest BCUT2D eigenvalue weighted by atomic mass is 28.2. The monoisotopic (exact) mass is 127 g/mol.